The maximum absolute atomic E-state index is 9.52. The highest BCUT2D eigenvalue weighted by Crippen LogP contribution is 2.08. The van der Waals surface area contributed by atoms with E-state index in [1.165, 1.54) is 5.56 Å². The van der Waals surface area contributed by atoms with Crippen molar-refractivity contribution in [3.05, 3.63) is 35.9 Å². The third-order valence-electron chi connectivity index (χ3n) is 2.31. The Kier molecular flexibility index (Phi) is 4.30. The second-order valence-electron chi connectivity index (χ2n) is 4.73. The smallest absolute Gasteiger partial charge is 0.110 e. The lowest BCUT2D eigenvalue weighted by Gasteiger charge is -2.22. The first-order chi connectivity index (χ1) is 6.97. The molecule has 15 heavy (non-hydrogen) atoms. The summed E-state index contributed by atoms with van der Waals surface area (Å²) < 4.78 is 0. The average Bonchev–Trinajstić information content (AvgIpc) is 2.15. The zero-order valence-electron chi connectivity index (χ0n) is 9.83. The van der Waals surface area contributed by atoms with E-state index >= 15 is 0 Å². The Balaban J connectivity index is 2.34. The zero-order valence-corrected chi connectivity index (χ0v) is 9.83. The summed E-state index contributed by atoms with van der Waals surface area (Å²) in [4.78, 5) is 0. The number of benzene rings is 1. The molecule has 2 nitrogen and oxygen atoms in total. The van der Waals surface area contributed by atoms with Gasteiger partial charge in [0.05, 0.1) is 0 Å². The summed E-state index contributed by atoms with van der Waals surface area (Å²) in [6.45, 7) is 6.55. The minimum atomic E-state index is -0.773. The van der Waals surface area contributed by atoms with Crippen molar-refractivity contribution in [2.45, 2.75) is 32.9 Å². The number of nitrogens with one attached hydrogen (secondary N) is 1. The van der Waals surface area contributed by atoms with Crippen LogP contribution in [-0.4, -0.2) is 17.4 Å². The van der Waals surface area contributed by atoms with Gasteiger partial charge in [0.2, 0.25) is 0 Å². The second kappa shape index (κ2) is 5.29. The van der Waals surface area contributed by atoms with E-state index in [9.17, 15) is 5.11 Å². The zero-order chi connectivity index (χ0) is 11.3. The second-order valence-corrected chi connectivity index (χ2v) is 4.73. The van der Waals surface area contributed by atoms with E-state index in [0.717, 1.165) is 13.0 Å². The first kappa shape index (κ1) is 12.2. The average molecular weight is 207 g/mol. The van der Waals surface area contributed by atoms with E-state index in [2.05, 4.69) is 36.5 Å². The molecule has 0 saturated heterocycles. The summed E-state index contributed by atoms with van der Waals surface area (Å²) in [6, 6.07) is 10.4. The van der Waals surface area contributed by atoms with E-state index in [0.29, 0.717) is 5.92 Å². The molecule has 0 unspecified atom stereocenters. The molecule has 1 rings (SSSR count). The van der Waals surface area contributed by atoms with Gasteiger partial charge in [-0.3, -0.25) is 5.32 Å². The minimum absolute atomic E-state index is 0.527. The van der Waals surface area contributed by atoms with Crippen molar-refractivity contribution >= 4 is 0 Å². The molecule has 0 saturated carbocycles. The van der Waals surface area contributed by atoms with Crippen LogP contribution in [0.4, 0.5) is 0 Å². The van der Waals surface area contributed by atoms with Gasteiger partial charge < -0.3 is 5.11 Å². The van der Waals surface area contributed by atoms with Crippen LogP contribution < -0.4 is 5.32 Å². The molecular formula is C13H21NO. The Morgan fingerprint density at radius 2 is 1.87 bits per heavy atom. The van der Waals surface area contributed by atoms with E-state index in [1.807, 2.05) is 6.07 Å². The van der Waals surface area contributed by atoms with Crippen LogP contribution in [0.2, 0.25) is 0 Å². The van der Waals surface area contributed by atoms with Gasteiger partial charge >= 0.3 is 0 Å². The van der Waals surface area contributed by atoms with Crippen molar-refractivity contribution in [3.63, 3.8) is 0 Å². The normalized spacial score (nSPS) is 13.9. The van der Waals surface area contributed by atoms with Crippen molar-refractivity contribution in [3.8, 4) is 0 Å². The Labute approximate surface area is 92.3 Å². The Morgan fingerprint density at radius 3 is 2.40 bits per heavy atom. The van der Waals surface area contributed by atoms with Crippen LogP contribution in [0.25, 0.3) is 0 Å². The monoisotopic (exact) mass is 207 g/mol. The van der Waals surface area contributed by atoms with Crippen LogP contribution >= 0.6 is 0 Å². The summed E-state index contributed by atoms with van der Waals surface area (Å²) in [6.07, 6.45) is 1.05. The molecular weight excluding hydrogens is 186 g/mol. The van der Waals surface area contributed by atoms with Crippen LogP contribution in [0, 0.1) is 5.92 Å². The van der Waals surface area contributed by atoms with Crippen LogP contribution in [0.15, 0.2) is 30.3 Å². The lowest BCUT2D eigenvalue weighted by atomic mass is 10.0. The van der Waals surface area contributed by atoms with Crippen molar-refractivity contribution < 1.29 is 5.11 Å². The molecule has 1 aromatic rings. The molecule has 0 fully saturated rings. The fourth-order valence-electron chi connectivity index (χ4n) is 1.51. The van der Waals surface area contributed by atoms with Gasteiger partial charge in [-0.25, -0.2) is 0 Å². The molecule has 0 amide bonds. The predicted octanol–water partition coefficient (Wildman–Crippen LogP) is 2.18. The van der Waals surface area contributed by atoms with E-state index in [4.69, 9.17) is 0 Å². The van der Waals surface area contributed by atoms with Crippen LogP contribution in [0.5, 0.6) is 0 Å². The molecule has 0 aliphatic heterocycles. The Bertz CT molecular complexity index is 276. The lowest BCUT2D eigenvalue weighted by molar-refractivity contribution is 0.0400. The highest BCUT2D eigenvalue weighted by atomic mass is 16.3. The van der Waals surface area contributed by atoms with Crippen LogP contribution in [-0.2, 0) is 6.42 Å². The topological polar surface area (TPSA) is 32.3 Å². The molecule has 0 spiro atoms. The van der Waals surface area contributed by atoms with Crippen molar-refractivity contribution in [2.75, 3.05) is 6.54 Å². The summed E-state index contributed by atoms with van der Waals surface area (Å²) in [5, 5.41) is 12.6. The summed E-state index contributed by atoms with van der Waals surface area (Å²) >= 11 is 0. The van der Waals surface area contributed by atoms with Crippen molar-refractivity contribution in [1.82, 2.24) is 5.32 Å². The molecule has 0 radical (unpaired) electrons. The third-order valence-corrected chi connectivity index (χ3v) is 2.31. The predicted molar refractivity (Wildman–Crippen MR) is 63.6 cm³/mol. The molecule has 0 bridgehead atoms. The van der Waals surface area contributed by atoms with Crippen LogP contribution in [0.3, 0.4) is 0 Å². The lowest BCUT2D eigenvalue weighted by Crippen LogP contribution is -2.41. The molecule has 0 aliphatic rings. The summed E-state index contributed by atoms with van der Waals surface area (Å²) in [7, 11) is 0. The maximum atomic E-state index is 9.52. The molecule has 1 aromatic carbocycles. The van der Waals surface area contributed by atoms with Gasteiger partial charge in [-0.05, 0) is 31.7 Å². The quantitative estimate of drug-likeness (QED) is 0.725. The minimum Gasteiger partial charge on any atom is -0.376 e. The standard InChI is InChI=1S/C13H21NO/c1-11(10-14-13(2,3)15)9-12-7-5-4-6-8-12/h4-8,11,14-15H,9-10H2,1-3H3/t11-/m0/s1. The van der Waals surface area contributed by atoms with Gasteiger partial charge in [0.15, 0.2) is 0 Å². The number of rotatable bonds is 5. The van der Waals surface area contributed by atoms with Crippen molar-refractivity contribution in [1.29, 1.82) is 0 Å². The molecule has 84 valence electrons. The summed E-state index contributed by atoms with van der Waals surface area (Å²) in [5.74, 6) is 0.527. The first-order valence-electron chi connectivity index (χ1n) is 5.49. The Morgan fingerprint density at radius 1 is 1.27 bits per heavy atom. The first-order valence-corrected chi connectivity index (χ1v) is 5.49. The van der Waals surface area contributed by atoms with Gasteiger partial charge in [0, 0.05) is 6.54 Å². The number of hydrogen-bond donors (Lipinski definition) is 2. The van der Waals surface area contributed by atoms with Crippen LogP contribution in [0.1, 0.15) is 26.3 Å². The maximum Gasteiger partial charge on any atom is 0.110 e. The molecule has 1 atom stereocenters. The number of hydrogen-bond acceptors (Lipinski definition) is 2. The highest BCUT2D eigenvalue weighted by molar-refractivity contribution is 5.15. The molecule has 0 aromatic heterocycles. The third kappa shape index (κ3) is 5.55. The van der Waals surface area contributed by atoms with E-state index in [-0.39, 0.29) is 0 Å². The van der Waals surface area contributed by atoms with E-state index < -0.39 is 5.72 Å². The van der Waals surface area contributed by atoms with E-state index in [1.54, 1.807) is 13.8 Å². The SMILES string of the molecule is C[C@H](CNC(C)(C)O)Cc1ccccc1. The fourth-order valence-corrected chi connectivity index (χ4v) is 1.51. The summed E-state index contributed by atoms with van der Waals surface area (Å²) in [5.41, 5.74) is 0.577. The van der Waals surface area contributed by atoms with Crippen molar-refractivity contribution in [2.24, 2.45) is 5.92 Å². The molecule has 2 N–H and O–H groups in total. The molecule has 0 heterocycles. The largest absolute Gasteiger partial charge is 0.376 e. The van der Waals surface area contributed by atoms with Gasteiger partial charge in [-0.1, -0.05) is 37.3 Å². The van der Waals surface area contributed by atoms with Gasteiger partial charge in [-0.15, -0.1) is 0 Å². The fraction of sp³-hybridized carbons (Fsp3) is 0.538. The van der Waals surface area contributed by atoms with Gasteiger partial charge in [0.1, 0.15) is 5.72 Å². The van der Waals surface area contributed by atoms with Gasteiger partial charge in [-0.2, -0.15) is 0 Å². The molecule has 2 heteroatoms. The van der Waals surface area contributed by atoms with Gasteiger partial charge in [0.25, 0.3) is 0 Å². The number of aliphatic hydroxyl groups is 1. The Hall–Kier alpha value is -0.860. The highest BCUT2D eigenvalue weighted by Gasteiger charge is 2.12. The molecule has 0 aliphatic carbocycles.